The minimum atomic E-state index is -4.69. The molecule has 0 atom stereocenters. The fourth-order valence-corrected chi connectivity index (χ4v) is 2.51. The summed E-state index contributed by atoms with van der Waals surface area (Å²) >= 11 is 5.73. The lowest BCUT2D eigenvalue weighted by Crippen LogP contribution is -2.13. The first kappa shape index (κ1) is 14.0. The van der Waals surface area contributed by atoms with Crippen molar-refractivity contribution in [3.05, 3.63) is 33.3 Å². The number of anilines is 3. The molecule has 0 aliphatic carbocycles. The maximum atomic E-state index is 11.4. The highest BCUT2D eigenvalue weighted by Crippen LogP contribution is 2.27. The van der Waals surface area contributed by atoms with Gasteiger partial charge in [-0.05, 0) is 18.2 Å². The van der Waals surface area contributed by atoms with Crippen LogP contribution in [0.3, 0.4) is 0 Å². The van der Waals surface area contributed by atoms with Gasteiger partial charge < -0.3 is 11.1 Å². The molecule has 2 rings (SSSR count). The largest absolute Gasteiger partial charge is 0.449 e. The number of hydrogen-bond donors (Lipinski definition) is 3. The second kappa shape index (κ2) is 4.94. The number of nitrogens with two attached hydrogens (primary N) is 1. The van der Waals surface area contributed by atoms with Crippen molar-refractivity contribution in [2.24, 2.45) is 0 Å². The number of nitrogens with one attached hydrogen (secondary N) is 2. The number of H-pyrrole nitrogens is 1. The van der Waals surface area contributed by atoms with Crippen LogP contribution >= 0.6 is 11.6 Å². The Bertz CT molecular complexity index is 773. The number of benzene rings is 1. The number of sulfonamides is 1. The van der Waals surface area contributed by atoms with Crippen molar-refractivity contribution in [2.45, 2.75) is 4.90 Å². The van der Waals surface area contributed by atoms with Crippen LogP contribution in [-0.4, -0.2) is 27.9 Å². The first-order valence-corrected chi connectivity index (χ1v) is 6.76. The van der Waals surface area contributed by atoms with Crippen LogP contribution in [0.1, 0.15) is 0 Å². The van der Waals surface area contributed by atoms with Crippen LogP contribution in [0.15, 0.2) is 23.1 Å². The van der Waals surface area contributed by atoms with Gasteiger partial charge in [-0.25, -0.2) is 15.2 Å². The van der Waals surface area contributed by atoms with Crippen LogP contribution < -0.4 is 11.1 Å². The number of aromatic nitrogens is 3. The van der Waals surface area contributed by atoms with Gasteiger partial charge in [0.05, 0.1) is 5.02 Å². The third-order valence-electron chi connectivity index (χ3n) is 2.16. The fourth-order valence-electron chi connectivity index (χ4n) is 1.33. The fraction of sp³-hybridized carbons (Fsp3) is 0. The standard InChI is InChI=1S/C8H7ClN6O4S/c9-5-3-4(11-8-12-7(10)13-14-8)1-2-6(5)20(18,19)15(16)17/h1-3H,(H4,10,11,12,13,14). The summed E-state index contributed by atoms with van der Waals surface area (Å²) in [7, 11) is -4.69. The monoisotopic (exact) mass is 318 g/mol. The summed E-state index contributed by atoms with van der Waals surface area (Å²) in [6.45, 7) is 0. The van der Waals surface area contributed by atoms with Crippen LogP contribution in [0.4, 0.5) is 17.6 Å². The molecule has 0 saturated heterocycles. The lowest BCUT2D eigenvalue weighted by molar-refractivity contribution is -0.305. The van der Waals surface area contributed by atoms with Crippen LogP contribution in [0.5, 0.6) is 0 Å². The predicted molar refractivity (Wildman–Crippen MR) is 69.7 cm³/mol. The van der Waals surface area contributed by atoms with Gasteiger partial charge in [0.25, 0.3) is 0 Å². The molecule has 2 aromatic rings. The van der Waals surface area contributed by atoms with E-state index in [-0.39, 0.29) is 16.9 Å². The van der Waals surface area contributed by atoms with Gasteiger partial charge in [0.15, 0.2) is 9.22 Å². The van der Waals surface area contributed by atoms with Gasteiger partial charge in [-0.15, -0.1) is 5.10 Å². The molecule has 1 aromatic carbocycles. The number of rotatable bonds is 4. The second-order valence-electron chi connectivity index (χ2n) is 3.51. The van der Waals surface area contributed by atoms with Gasteiger partial charge in [-0.3, -0.25) is 0 Å². The molecular weight excluding hydrogens is 312 g/mol. The van der Waals surface area contributed by atoms with Crippen molar-refractivity contribution >= 4 is 39.2 Å². The van der Waals surface area contributed by atoms with Gasteiger partial charge in [0, 0.05) is 5.69 Å². The molecule has 1 heterocycles. The van der Waals surface area contributed by atoms with Gasteiger partial charge in [-0.2, -0.15) is 13.4 Å². The lowest BCUT2D eigenvalue weighted by atomic mass is 10.3. The summed E-state index contributed by atoms with van der Waals surface area (Å²) in [4.78, 5) is 13.6. The third-order valence-corrected chi connectivity index (χ3v) is 3.89. The Morgan fingerprint density at radius 3 is 2.65 bits per heavy atom. The number of halogens is 1. The van der Waals surface area contributed by atoms with E-state index in [9.17, 15) is 18.5 Å². The normalized spacial score (nSPS) is 11.2. The molecule has 12 heteroatoms. The van der Waals surface area contributed by atoms with Crippen LogP contribution in [0.2, 0.25) is 5.02 Å². The molecule has 1 aromatic heterocycles. The first-order valence-electron chi connectivity index (χ1n) is 4.95. The SMILES string of the molecule is Nc1nc(Nc2ccc(S(=O)(=O)[N+](=O)[O-])c(Cl)c2)n[nH]1. The van der Waals surface area contributed by atoms with E-state index in [0.717, 1.165) is 6.07 Å². The zero-order chi connectivity index (χ0) is 14.9. The molecule has 20 heavy (non-hydrogen) atoms. The smallest absolute Gasteiger partial charge is 0.368 e. The molecule has 0 saturated carbocycles. The van der Waals surface area contributed by atoms with Gasteiger partial charge in [-0.1, -0.05) is 11.6 Å². The molecule has 0 aliphatic heterocycles. The average Bonchev–Trinajstić information content (AvgIpc) is 2.74. The molecule has 0 spiro atoms. The number of hydrogen-bond acceptors (Lipinski definition) is 8. The molecule has 0 unspecified atom stereocenters. The molecule has 0 bridgehead atoms. The maximum Gasteiger partial charge on any atom is 0.449 e. The molecule has 0 aliphatic rings. The van der Waals surface area contributed by atoms with Gasteiger partial charge >= 0.3 is 10.0 Å². The highest BCUT2D eigenvalue weighted by molar-refractivity contribution is 7.85. The Morgan fingerprint density at radius 2 is 2.15 bits per heavy atom. The number of aromatic amines is 1. The summed E-state index contributed by atoms with van der Waals surface area (Å²) in [6, 6.07) is 3.50. The van der Waals surface area contributed by atoms with Gasteiger partial charge in [0.2, 0.25) is 11.9 Å². The summed E-state index contributed by atoms with van der Waals surface area (Å²) in [6.07, 6.45) is 0. The maximum absolute atomic E-state index is 11.4. The number of nitrogen functional groups attached to an aromatic ring is 1. The summed E-state index contributed by atoms with van der Waals surface area (Å²) in [5.74, 6) is 0.231. The van der Waals surface area contributed by atoms with E-state index < -0.39 is 19.2 Å². The van der Waals surface area contributed by atoms with E-state index in [4.69, 9.17) is 17.3 Å². The van der Waals surface area contributed by atoms with Gasteiger partial charge in [0.1, 0.15) is 0 Å². The zero-order valence-electron chi connectivity index (χ0n) is 9.57. The first-order chi connectivity index (χ1) is 9.30. The minimum Gasteiger partial charge on any atom is -0.368 e. The Labute approximate surface area is 117 Å². The molecule has 10 nitrogen and oxygen atoms in total. The van der Waals surface area contributed by atoms with E-state index in [1.807, 2.05) is 0 Å². The molecular formula is C8H7ClN6O4S. The van der Waals surface area contributed by atoms with E-state index in [2.05, 4.69) is 20.5 Å². The topological polar surface area (TPSA) is 157 Å². The molecule has 0 radical (unpaired) electrons. The number of nitrogens with zero attached hydrogens (tertiary/aromatic N) is 3. The minimum absolute atomic E-state index is 0.0890. The average molecular weight is 319 g/mol. The Hall–Kier alpha value is -2.40. The van der Waals surface area contributed by atoms with Crippen molar-refractivity contribution in [2.75, 3.05) is 11.1 Å². The molecule has 0 amide bonds. The Kier molecular flexibility index (Phi) is 3.46. The quantitative estimate of drug-likeness (QED) is 0.550. The van der Waals surface area contributed by atoms with Crippen molar-refractivity contribution in [3.63, 3.8) is 0 Å². The summed E-state index contributed by atoms with van der Waals surface area (Å²) in [5.41, 5.74) is 5.67. The molecule has 4 N–H and O–H groups in total. The highest BCUT2D eigenvalue weighted by Gasteiger charge is 2.29. The Balaban J connectivity index is 2.33. The van der Waals surface area contributed by atoms with Crippen molar-refractivity contribution in [1.82, 2.24) is 15.2 Å². The van der Waals surface area contributed by atoms with E-state index in [1.54, 1.807) is 0 Å². The summed E-state index contributed by atoms with van der Waals surface area (Å²) < 4.78 is 21.3. The number of nitro groups is 1. The van der Waals surface area contributed by atoms with E-state index in [1.165, 1.54) is 12.1 Å². The van der Waals surface area contributed by atoms with Crippen molar-refractivity contribution < 1.29 is 12.7 Å². The third kappa shape index (κ3) is 2.62. The molecule has 106 valence electrons. The van der Waals surface area contributed by atoms with Crippen LogP contribution in [0.25, 0.3) is 0 Å². The highest BCUT2D eigenvalue weighted by atomic mass is 35.5. The molecule has 0 fully saturated rings. The predicted octanol–water partition coefficient (Wildman–Crippen LogP) is 0.749. The van der Waals surface area contributed by atoms with E-state index in [0.29, 0.717) is 5.69 Å². The van der Waals surface area contributed by atoms with E-state index >= 15 is 0 Å². The second-order valence-corrected chi connectivity index (χ2v) is 5.61. The Morgan fingerprint density at radius 1 is 1.45 bits per heavy atom. The van der Waals surface area contributed by atoms with Crippen LogP contribution in [-0.2, 0) is 10.0 Å². The summed E-state index contributed by atoms with van der Waals surface area (Å²) in [5, 5.41) is 18.9. The van der Waals surface area contributed by atoms with Crippen molar-refractivity contribution in [1.29, 1.82) is 0 Å². The van der Waals surface area contributed by atoms with Crippen molar-refractivity contribution in [3.8, 4) is 0 Å². The zero-order valence-corrected chi connectivity index (χ0v) is 11.1. The lowest BCUT2D eigenvalue weighted by Gasteiger charge is -2.04. The van der Waals surface area contributed by atoms with Crippen LogP contribution in [0, 0.1) is 10.1 Å².